The fourth-order valence-corrected chi connectivity index (χ4v) is 2.35. The van der Waals surface area contributed by atoms with Crippen LogP contribution >= 0.6 is 0 Å². The Morgan fingerprint density at radius 3 is 2.16 bits per heavy atom. The third-order valence-electron chi connectivity index (χ3n) is 4.16. The van der Waals surface area contributed by atoms with Gasteiger partial charge in [0.15, 0.2) is 0 Å². The van der Waals surface area contributed by atoms with Gasteiger partial charge in [-0.2, -0.15) is 5.10 Å². The molecule has 0 saturated heterocycles. The van der Waals surface area contributed by atoms with Crippen molar-refractivity contribution in [2.45, 2.75) is 26.7 Å². The quantitative estimate of drug-likeness (QED) is 0.648. The third kappa shape index (κ3) is 4.53. The predicted octanol–water partition coefficient (Wildman–Crippen LogP) is 3.50. The molecule has 0 aromatic heterocycles. The van der Waals surface area contributed by atoms with E-state index in [2.05, 4.69) is 15.8 Å². The molecule has 1 aliphatic rings. The van der Waals surface area contributed by atoms with E-state index in [4.69, 9.17) is 0 Å². The molecule has 128 valence electrons. The first-order valence-corrected chi connectivity index (χ1v) is 8.35. The second-order valence-corrected chi connectivity index (χ2v) is 6.35. The molecule has 2 aromatic carbocycles. The molecule has 1 fully saturated rings. The standard InChI is InChI=1S/C20H21N3O2/c1-13-3-5-15(6-4-13)14(2)22-23-20(25)17-9-11-18(12-10-17)21-19(24)16-7-8-16/h3-6,9-12,16H,7-8H2,1-2H3,(H,21,24)(H,23,25)/b22-14+. The highest BCUT2D eigenvalue weighted by atomic mass is 16.2. The average Bonchev–Trinajstić information content (AvgIpc) is 3.46. The maximum atomic E-state index is 12.2. The van der Waals surface area contributed by atoms with Gasteiger partial charge < -0.3 is 5.32 Å². The molecular formula is C20H21N3O2. The fraction of sp³-hybridized carbons (Fsp3) is 0.250. The Hall–Kier alpha value is -2.95. The zero-order valence-corrected chi connectivity index (χ0v) is 14.4. The molecule has 1 saturated carbocycles. The van der Waals surface area contributed by atoms with Crippen LogP contribution in [0.4, 0.5) is 5.69 Å². The number of anilines is 1. The van der Waals surface area contributed by atoms with E-state index in [0.29, 0.717) is 11.3 Å². The van der Waals surface area contributed by atoms with Gasteiger partial charge >= 0.3 is 0 Å². The fourth-order valence-electron chi connectivity index (χ4n) is 2.35. The molecule has 3 rings (SSSR count). The highest BCUT2D eigenvalue weighted by Crippen LogP contribution is 2.30. The van der Waals surface area contributed by atoms with Crippen LogP contribution in [0.5, 0.6) is 0 Å². The lowest BCUT2D eigenvalue weighted by Gasteiger charge is -2.06. The van der Waals surface area contributed by atoms with E-state index in [-0.39, 0.29) is 17.7 Å². The van der Waals surface area contributed by atoms with Crippen LogP contribution in [-0.2, 0) is 4.79 Å². The van der Waals surface area contributed by atoms with Crippen LogP contribution in [0, 0.1) is 12.8 Å². The highest BCUT2D eigenvalue weighted by Gasteiger charge is 2.29. The summed E-state index contributed by atoms with van der Waals surface area (Å²) < 4.78 is 0. The van der Waals surface area contributed by atoms with Crippen molar-refractivity contribution >= 4 is 23.2 Å². The van der Waals surface area contributed by atoms with Crippen molar-refractivity contribution in [3.05, 3.63) is 65.2 Å². The van der Waals surface area contributed by atoms with Crippen LogP contribution in [-0.4, -0.2) is 17.5 Å². The Morgan fingerprint density at radius 1 is 0.960 bits per heavy atom. The topological polar surface area (TPSA) is 70.6 Å². The van der Waals surface area contributed by atoms with Gasteiger partial charge in [0.05, 0.1) is 5.71 Å². The summed E-state index contributed by atoms with van der Waals surface area (Å²) in [6.45, 7) is 3.87. The van der Waals surface area contributed by atoms with Crippen LogP contribution in [0.25, 0.3) is 0 Å². The normalized spacial score (nSPS) is 14.1. The van der Waals surface area contributed by atoms with E-state index >= 15 is 0 Å². The van der Waals surface area contributed by atoms with E-state index < -0.39 is 0 Å². The minimum atomic E-state index is -0.286. The van der Waals surface area contributed by atoms with E-state index in [9.17, 15) is 9.59 Å². The van der Waals surface area contributed by atoms with Crippen molar-refractivity contribution in [1.82, 2.24) is 5.43 Å². The summed E-state index contributed by atoms with van der Waals surface area (Å²) in [6, 6.07) is 14.8. The lowest BCUT2D eigenvalue weighted by molar-refractivity contribution is -0.117. The molecule has 0 radical (unpaired) electrons. The molecule has 0 heterocycles. The third-order valence-corrected chi connectivity index (χ3v) is 4.16. The SMILES string of the molecule is C/C(=N\NC(=O)c1ccc(NC(=O)C2CC2)cc1)c1ccc(C)cc1. The van der Waals surface area contributed by atoms with Crippen LogP contribution in [0.15, 0.2) is 53.6 Å². The van der Waals surface area contributed by atoms with Crippen molar-refractivity contribution in [1.29, 1.82) is 0 Å². The minimum absolute atomic E-state index is 0.0514. The molecule has 25 heavy (non-hydrogen) atoms. The first-order valence-electron chi connectivity index (χ1n) is 8.35. The lowest BCUT2D eigenvalue weighted by Crippen LogP contribution is -2.19. The van der Waals surface area contributed by atoms with Gasteiger partial charge in [-0.1, -0.05) is 29.8 Å². The van der Waals surface area contributed by atoms with Gasteiger partial charge in [0.2, 0.25) is 5.91 Å². The molecule has 2 N–H and O–H groups in total. The number of rotatable bonds is 5. The Labute approximate surface area is 147 Å². The first kappa shape index (κ1) is 16.9. The smallest absolute Gasteiger partial charge is 0.271 e. The maximum Gasteiger partial charge on any atom is 0.271 e. The average molecular weight is 335 g/mol. The van der Waals surface area contributed by atoms with Gasteiger partial charge in [0, 0.05) is 17.2 Å². The molecule has 2 aromatic rings. The summed E-state index contributed by atoms with van der Waals surface area (Å²) in [6.07, 6.45) is 1.93. The number of hydrazone groups is 1. The highest BCUT2D eigenvalue weighted by molar-refractivity contribution is 6.01. The summed E-state index contributed by atoms with van der Waals surface area (Å²) in [5.41, 5.74) is 6.63. The Kier molecular flexibility index (Phi) is 4.93. The van der Waals surface area contributed by atoms with Gasteiger partial charge in [-0.3, -0.25) is 9.59 Å². The number of carbonyl (C=O) groups is 2. The second-order valence-electron chi connectivity index (χ2n) is 6.35. The molecule has 0 aliphatic heterocycles. The molecule has 5 heteroatoms. The Balaban J connectivity index is 1.59. The second kappa shape index (κ2) is 7.30. The molecule has 5 nitrogen and oxygen atoms in total. The van der Waals surface area contributed by atoms with Gasteiger partial charge in [0.25, 0.3) is 5.91 Å². The number of hydrogen-bond acceptors (Lipinski definition) is 3. The number of benzene rings is 2. The summed E-state index contributed by atoms with van der Waals surface area (Å²) >= 11 is 0. The molecule has 0 bridgehead atoms. The number of nitrogens with zero attached hydrogens (tertiary/aromatic N) is 1. The number of hydrogen-bond donors (Lipinski definition) is 2. The monoisotopic (exact) mass is 335 g/mol. The Morgan fingerprint density at radius 2 is 1.56 bits per heavy atom. The largest absolute Gasteiger partial charge is 0.326 e. The summed E-state index contributed by atoms with van der Waals surface area (Å²) in [4.78, 5) is 23.9. The van der Waals surface area contributed by atoms with E-state index in [0.717, 1.165) is 24.1 Å². The van der Waals surface area contributed by atoms with Crippen LogP contribution in [0.2, 0.25) is 0 Å². The van der Waals surface area contributed by atoms with Crippen molar-refractivity contribution < 1.29 is 9.59 Å². The molecule has 0 spiro atoms. The molecule has 0 atom stereocenters. The summed E-state index contributed by atoms with van der Waals surface area (Å²) in [7, 11) is 0. The van der Waals surface area contributed by atoms with Crippen LogP contribution < -0.4 is 10.7 Å². The van der Waals surface area contributed by atoms with Gasteiger partial charge in [-0.25, -0.2) is 5.43 Å². The predicted molar refractivity (Wildman–Crippen MR) is 98.7 cm³/mol. The van der Waals surface area contributed by atoms with Crippen LogP contribution in [0.3, 0.4) is 0 Å². The van der Waals surface area contributed by atoms with Crippen molar-refractivity contribution in [3.63, 3.8) is 0 Å². The van der Waals surface area contributed by atoms with E-state index in [1.165, 1.54) is 5.56 Å². The molecule has 1 aliphatic carbocycles. The summed E-state index contributed by atoms with van der Waals surface area (Å²) in [5, 5.41) is 7.00. The number of amides is 2. The molecule has 0 unspecified atom stereocenters. The van der Waals surface area contributed by atoms with E-state index in [1.807, 2.05) is 38.1 Å². The van der Waals surface area contributed by atoms with Gasteiger partial charge in [0.1, 0.15) is 0 Å². The van der Waals surface area contributed by atoms with E-state index in [1.54, 1.807) is 24.3 Å². The van der Waals surface area contributed by atoms with Crippen molar-refractivity contribution in [2.24, 2.45) is 11.0 Å². The molecule has 2 amide bonds. The molecular weight excluding hydrogens is 314 g/mol. The number of nitrogens with one attached hydrogen (secondary N) is 2. The van der Waals surface area contributed by atoms with Crippen LogP contribution in [0.1, 0.15) is 41.3 Å². The summed E-state index contributed by atoms with van der Waals surface area (Å²) in [5.74, 6) is -0.0795. The zero-order valence-electron chi connectivity index (χ0n) is 14.4. The number of aryl methyl sites for hydroxylation is 1. The maximum absolute atomic E-state index is 12.2. The number of carbonyl (C=O) groups excluding carboxylic acids is 2. The van der Waals surface area contributed by atoms with Gasteiger partial charge in [-0.05, 0) is 56.5 Å². The lowest BCUT2D eigenvalue weighted by atomic mass is 10.1. The minimum Gasteiger partial charge on any atom is -0.326 e. The van der Waals surface area contributed by atoms with Gasteiger partial charge in [-0.15, -0.1) is 0 Å². The zero-order chi connectivity index (χ0) is 17.8. The van der Waals surface area contributed by atoms with Crippen molar-refractivity contribution in [3.8, 4) is 0 Å². The first-order chi connectivity index (χ1) is 12.0. The Bertz CT molecular complexity index is 804. The van der Waals surface area contributed by atoms with Crippen molar-refractivity contribution in [2.75, 3.05) is 5.32 Å².